The Kier molecular flexibility index (Phi) is 5.88. The summed E-state index contributed by atoms with van der Waals surface area (Å²) < 4.78 is 7.53. The second-order valence-corrected chi connectivity index (χ2v) is 10.2. The van der Waals surface area contributed by atoms with Gasteiger partial charge in [0.05, 0.1) is 5.41 Å². The molecule has 0 heterocycles. The van der Waals surface area contributed by atoms with E-state index in [-0.39, 0.29) is 17.0 Å². The van der Waals surface area contributed by atoms with Gasteiger partial charge in [-0.05, 0) is 81.5 Å². The Morgan fingerprint density at radius 1 is 1.17 bits per heavy atom. The highest BCUT2D eigenvalue weighted by Gasteiger charge is 2.55. The maximum absolute atomic E-state index is 13.5. The first-order chi connectivity index (χ1) is 11.5. The number of hydrogen-bond acceptors (Lipinski definition) is 2. The van der Waals surface area contributed by atoms with Gasteiger partial charge in [-0.1, -0.05) is 49.8 Å². The highest BCUT2D eigenvalue weighted by atomic mass is 127. The van der Waals surface area contributed by atoms with Crippen LogP contribution in [0, 0.1) is 29.1 Å². The quantitative estimate of drug-likeness (QED) is 0.278. The number of fused-ring (bicyclic) bond motifs is 2. The zero-order valence-corrected chi connectivity index (χ0v) is 17.9. The maximum atomic E-state index is 13.5. The molecule has 3 unspecified atom stereocenters. The molecular formula is C21H35IO2. The number of hydrogen-bond donors (Lipinski definition) is 0. The first-order valence-corrected chi connectivity index (χ1v) is 11.8. The van der Waals surface area contributed by atoms with Gasteiger partial charge in [0.2, 0.25) is 0 Å². The third-order valence-electron chi connectivity index (χ3n) is 7.55. The van der Waals surface area contributed by atoms with Crippen LogP contribution in [0.3, 0.4) is 0 Å². The van der Waals surface area contributed by atoms with Crippen molar-refractivity contribution in [3.05, 3.63) is 0 Å². The molecule has 2 nitrogen and oxygen atoms in total. The van der Waals surface area contributed by atoms with Gasteiger partial charge in [-0.15, -0.1) is 0 Å². The lowest BCUT2D eigenvalue weighted by Gasteiger charge is -2.45. The molecule has 3 fully saturated rings. The van der Waals surface area contributed by atoms with Crippen LogP contribution in [0.2, 0.25) is 0 Å². The van der Waals surface area contributed by atoms with Crippen molar-refractivity contribution in [1.29, 1.82) is 0 Å². The molecule has 0 aliphatic heterocycles. The van der Waals surface area contributed by atoms with Crippen LogP contribution in [0.1, 0.15) is 85.0 Å². The molecule has 3 rings (SSSR count). The van der Waals surface area contributed by atoms with E-state index >= 15 is 0 Å². The van der Waals surface area contributed by atoms with Crippen LogP contribution in [0.15, 0.2) is 0 Å². The van der Waals surface area contributed by atoms with Crippen molar-refractivity contribution in [3.8, 4) is 0 Å². The van der Waals surface area contributed by atoms with Gasteiger partial charge in [-0.25, -0.2) is 0 Å². The smallest absolute Gasteiger partial charge is 0.312 e. The molecule has 0 aromatic heterocycles. The second kappa shape index (κ2) is 7.44. The molecule has 3 aliphatic carbocycles. The minimum absolute atomic E-state index is 0.124. The van der Waals surface area contributed by atoms with Crippen LogP contribution in [0.5, 0.6) is 0 Å². The number of alkyl halides is 1. The Balaban J connectivity index is 1.79. The molecular weight excluding hydrogens is 411 g/mol. The van der Waals surface area contributed by atoms with E-state index in [0.717, 1.165) is 42.4 Å². The van der Waals surface area contributed by atoms with E-state index < -0.39 is 0 Å². The second-order valence-electron chi connectivity index (χ2n) is 9.13. The third kappa shape index (κ3) is 3.40. The average molecular weight is 446 g/mol. The Hall–Kier alpha value is 0.200. The Bertz CT molecular complexity index is 465. The van der Waals surface area contributed by atoms with Crippen molar-refractivity contribution in [2.75, 3.05) is 4.43 Å². The van der Waals surface area contributed by atoms with Gasteiger partial charge < -0.3 is 4.74 Å². The summed E-state index contributed by atoms with van der Waals surface area (Å²) >= 11 is 2.45. The number of ether oxygens (including phenoxy) is 1. The van der Waals surface area contributed by atoms with Gasteiger partial charge in [0.1, 0.15) is 5.60 Å². The zero-order valence-electron chi connectivity index (χ0n) is 15.8. The van der Waals surface area contributed by atoms with E-state index in [1.54, 1.807) is 0 Å². The van der Waals surface area contributed by atoms with Crippen LogP contribution >= 0.6 is 22.6 Å². The fourth-order valence-electron chi connectivity index (χ4n) is 6.32. The Morgan fingerprint density at radius 3 is 2.50 bits per heavy atom. The molecule has 3 heteroatoms. The van der Waals surface area contributed by atoms with E-state index in [1.807, 2.05) is 0 Å². The molecule has 24 heavy (non-hydrogen) atoms. The lowest BCUT2D eigenvalue weighted by molar-refractivity contribution is -0.184. The van der Waals surface area contributed by atoms with Crippen LogP contribution in [0.4, 0.5) is 0 Å². The summed E-state index contributed by atoms with van der Waals surface area (Å²) in [6.07, 6.45) is 11.7. The molecule has 0 amide bonds. The molecule has 138 valence electrons. The SMILES string of the molecule is CCC1CC(C)CC(CCI)(C(=O)O[C@]2(CC)C[C@H]3CC[C@@H]2C3)C1. The summed E-state index contributed by atoms with van der Waals surface area (Å²) in [6.45, 7) is 6.85. The first-order valence-electron chi connectivity index (χ1n) is 10.3. The average Bonchev–Trinajstić information content (AvgIpc) is 3.15. The van der Waals surface area contributed by atoms with Crippen LogP contribution in [0.25, 0.3) is 0 Å². The standard InChI is InChI=1S/C21H35IO2/c1-4-16-10-15(3)12-20(13-16,8-9-22)19(23)24-21(5-2)14-17-6-7-18(21)11-17/h15-18H,4-14H2,1-3H3/t15?,16?,17-,18+,20?,21+/m0/s1. The van der Waals surface area contributed by atoms with E-state index in [0.29, 0.717) is 17.8 Å². The Labute approximate surface area is 162 Å². The van der Waals surface area contributed by atoms with E-state index in [9.17, 15) is 4.79 Å². The fourth-order valence-corrected chi connectivity index (χ4v) is 7.35. The molecule has 0 saturated heterocycles. The highest BCUT2D eigenvalue weighted by molar-refractivity contribution is 14.1. The van der Waals surface area contributed by atoms with Crippen molar-refractivity contribution in [2.24, 2.45) is 29.1 Å². The van der Waals surface area contributed by atoms with Crippen LogP contribution in [-0.2, 0) is 9.53 Å². The molecule has 0 spiro atoms. The topological polar surface area (TPSA) is 26.3 Å². The van der Waals surface area contributed by atoms with E-state index in [2.05, 4.69) is 43.4 Å². The highest BCUT2D eigenvalue weighted by Crippen LogP contribution is 2.56. The summed E-state index contributed by atoms with van der Waals surface area (Å²) in [5, 5.41) is 0. The van der Waals surface area contributed by atoms with Crippen molar-refractivity contribution < 1.29 is 9.53 Å². The number of carbonyl (C=O) groups excluding carboxylic acids is 1. The molecule has 3 aliphatic rings. The minimum Gasteiger partial charge on any atom is -0.458 e. The van der Waals surface area contributed by atoms with Gasteiger partial charge in [0.15, 0.2) is 0 Å². The van der Waals surface area contributed by atoms with Crippen molar-refractivity contribution in [2.45, 2.75) is 90.6 Å². The minimum atomic E-state index is -0.205. The molecule has 2 bridgehead atoms. The Morgan fingerprint density at radius 2 is 1.96 bits per heavy atom. The third-order valence-corrected chi connectivity index (χ3v) is 8.09. The summed E-state index contributed by atoms with van der Waals surface area (Å²) in [5.41, 5.74) is -0.329. The number of halogens is 1. The normalized spacial score (nSPS) is 44.7. The fraction of sp³-hybridized carbons (Fsp3) is 0.952. The van der Waals surface area contributed by atoms with Gasteiger partial charge in [-0.2, -0.15) is 0 Å². The monoisotopic (exact) mass is 446 g/mol. The predicted octanol–water partition coefficient (Wildman–Crippen LogP) is 6.16. The first kappa shape index (κ1) is 19.0. The maximum Gasteiger partial charge on any atom is 0.312 e. The van der Waals surface area contributed by atoms with Gasteiger partial charge >= 0.3 is 5.97 Å². The zero-order chi connectivity index (χ0) is 17.4. The van der Waals surface area contributed by atoms with E-state index in [1.165, 1.54) is 32.1 Å². The molecule has 0 aromatic carbocycles. The summed E-state index contributed by atoms with van der Waals surface area (Å²) in [7, 11) is 0. The number of rotatable bonds is 6. The van der Waals surface area contributed by atoms with E-state index in [4.69, 9.17) is 4.74 Å². The lowest BCUT2D eigenvalue weighted by Crippen LogP contribution is -2.47. The van der Waals surface area contributed by atoms with Crippen LogP contribution < -0.4 is 0 Å². The van der Waals surface area contributed by atoms with Gasteiger partial charge in [-0.3, -0.25) is 4.79 Å². The molecule has 0 N–H and O–H groups in total. The number of esters is 1. The van der Waals surface area contributed by atoms with Crippen molar-refractivity contribution in [3.63, 3.8) is 0 Å². The summed E-state index contributed by atoms with van der Waals surface area (Å²) in [4.78, 5) is 13.5. The molecule has 3 saturated carbocycles. The van der Waals surface area contributed by atoms with Crippen LogP contribution in [-0.4, -0.2) is 16.0 Å². The lowest BCUT2D eigenvalue weighted by atomic mass is 9.64. The largest absolute Gasteiger partial charge is 0.458 e. The van der Waals surface area contributed by atoms with Crippen molar-refractivity contribution in [1.82, 2.24) is 0 Å². The molecule has 6 atom stereocenters. The number of carbonyl (C=O) groups is 1. The van der Waals surface area contributed by atoms with Crippen molar-refractivity contribution >= 4 is 28.6 Å². The van der Waals surface area contributed by atoms with Gasteiger partial charge in [0.25, 0.3) is 0 Å². The molecule has 0 radical (unpaired) electrons. The molecule has 0 aromatic rings. The predicted molar refractivity (Wildman–Crippen MR) is 107 cm³/mol. The summed E-state index contributed by atoms with van der Waals surface area (Å²) in [6, 6.07) is 0. The van der Waals surface area contributed by atoms with Gasteiger partial charge in [0, 0.05) is 4.43 Å². The summed E-state index contributed by atoms with van der Waals surface area (Å²) in [5.74, 6) is 2.96.